The van der Waals surface area contributed by atoms with Crippen LogP contribution in [-0.4, -0.2) is 11.2 Å². The van der Waals surface area contributed by atoms with Crippen LogP contribution in [0.5, 0.6) is 0 Å². The van der Waals surface area contributed by atoms with Gasteiger partial charge in [0.2, 0.25) is 0 Å². The van der Waals surface area contributed by atoms with Gasteiger partial charge in [-0.3, -0.25) is 0 Å². The zero-order valence-electron chi connectivity index (χ0n) is 6.24. The number of hydrogen-bond donors (Lipinski definition) is 0. The van der Waals surface area contributed by atoms with Gasteiger partial charge in [0.1, 0.15) is 5.00 Å². The van der Waals surface area contributed by atoms with Crippen molar-refractivity contribution in [2.45, 2.75) is 13.3 Å². The average molecular weight is 164 g/mol. The molecule has 2 heterocycles. The predicted octanol–water partition coefficient (Wildman–Crippen LogP) is 2.57. The molecule has 1 aromatic heterocycles. The van der Waals surface area contributed by atoms with E-state index in [1.165, 1.54) is 0 Å². The van der Waals surface area contributed by atoms with Crippen molar-refractivity contribution in [3.8, 4) is 0 Å². The minimum Gasteiger partial charge on any atom is -0.248 e. The number of rotatable bonds is 0. The fraction of sp³-hybridized carbons (Fsp3) is 0.250. The zero-order valence-corrected chi connectivity index (χ0v) is 7.06. The van der Waals surface area contributed by atoms with E-state index in [4.69, 9.17) is 0 Å². The number of thiazole rings is 1. The van der Waals surface area contributed by atoms with Crippen LogP contribution < -0.4 is 0 Å². The van der Waals surface area contributed by atoms with Gasteiger partial charge >= 0.3 is 0 Å². The van der Waals surface area contributed by atoms with E-state index in [0.717, 1.165) is 22.1 Å². The Balaban J connectivity index is 2.56. The van der Waals surface area contributed by atoms with Crippen LogP contribution in [0.15, 0.2) is 11.1 Å². The average Bonchev–Trinajstić information content (AvgIpc) is 2.17. The molecule has 1 aliphatic rings. The van der Waals surface area contributed by atoms with Crippen LogP contribution in [0.1, 0.15) is 17.1 Å². The Morgan fingerprint density at radius 3 is 3.36 bits per heavy atom. The number of aromatic nitrogens is 1. The van der Waals surface area contributed by atoms with Crippen LogP contribution in [0.25, 0.3) is 6.08 Å². The molecule has 0 N–H and O–H groups in total. The van der Waals surface area contributed by atoms with Crippen molar-refractivity contribution in [1.82, 2.24) is 4.98 Å². The number of fused-ring (bicyclic) bond motifs is 1. The Labute approximate surface area is 69.3 Å². The first-order valence-corrected chi connectivity index (χ1v) is 4.34. The molecule has 1 aromatic rings. The molecule has 0 unspecified atom stereocenters. The van der Waals surface area contributed by atoms with Gasteiger partial charge in [0, 0.05) is 12.6 Å². The Morgan fingerprint density at radius 2 is 2.45 bits per heavy atom. The van der Waals surface area contributed by atoms with E-state index in [1.807, 2.05) is 19.2 Å². The predicted molar refractivity (Wildman–Crippen MR) is 48.7 cm³/mol. The van der Waals surface area contributed by atoms with E-state index in [2.05, 4.69) is 16.1 Å². The molecule has 0 bridgehead atoms. The van der Waals surface area contributed by atoms with Crippen molar-refractivity contribution in [1.29, 1.82) is 0 Å². The highest BCUT2D eigenvalue weighted by atomic mass is 32.1. The van der Waals surface area contributed by atoms with Gasteiger partial charge < -0.3 is 0 Å². The van der Waals surface area contributed by atoms with E-state index in [9.17, 15) is 0 Å². The molecule has 0 saturated carbocycles. The summed E-state index contributed by atoms with van der Waals surface area (Å²) in [4.78, 5) is 8.61. The Kier molecular flexibility index (Phi) is 1.58. The highest BCUT2D eigenvalue weighted by Crippen LogP contribution is 2.29. The Morgan fingerprint density at radius 1 is 1.55 bits per heavy atom. The number of aliphatic imine (C=N–C) groups is 1. The Bertz CT molecular complexity index is 293. The molecule has 0 aromatic carbocycles. The minimum absolute atomic E-state index is 0.919. The topological polar surface area (TPSA) is 25.2 Å². The smallest absolute Gasteiger partial charge is 0.143 e. The molecule has 0 aliphatic carbocycles. The fourth-order valence-corrected chi connectivity index (χ4v) is 1.78. The van der Waals surface area contributed by atoms with Crippen molar-refractivity contribution < 1.29 is 0 Å². The highest BCUT2D eigenvalue weighted by Gasteiger charge is 2.04. The molecule has 0 fully saturated rings. The van der Waals surface area contributed by atoms with Crippen LogP contribution in [0.2, 0.25) is 0 Å². The molecular weight excluding hydrogens is 156 g/mol. The van der Waals surface area contributed by atoms with Crippen molar-refractivity contribution in [3.05, 3.63) is 16.8 Å². The quantitative estimate of drug-likeness (QED) is 0.578. The maximum Gasteiger partial charge on any atom is 0.143 e. The maximum absolute atomic E-state index is 4.33. The third-order valence-electron chi connectivity index (χ3n) is 1.47. The van der Waals surface area contributed by atoms with Gasteiger partial charge in [0.25, 0.3) is 0 Å². The summed E-state index contributed by atoms with van der Waals surface area (Å²) in [5.74, 6) is 0. The molecule has 11 heavy (non-hydrogen) atoms. The Hall–Kier alpha value is -0.960. The summed E-state index contributed by atoms with van der Waals surface area (Å²) < 4.78 is 0. The summed E-state index contributed by atoms with van der Waals surface area (Å²) in [6.07, 6.45) is 6.95. The first kappa shape index (κ1) is 6.73. The first-order chi connectivity index (χ1) is 5.36. The maximum atomic E-state index is 4.33. The lowest BCUT2D eigenvalue weighted by Gasteiger charge is -1.82. The number of nitrogens with zero attached hydrogens (tertiary/aromatic N) is 2. The molecule has 2 nitrogen and oxygen atoms in total. The summed E-state index contributed by atoms with van der Waals surface area (Å²) in [6, 6.07) is 0. The van der Waals surface area contributed by atoms with Gasteiger partial charge in [0.15, 0.2) is 0 Å². The monoisotopic (exact) mass is 164 g/mol. The third kappa shape index (κ3) is 1.24. The zero-order chi connectivity index (χ0) is 7.68. The fourth-order valence-electron chi connectivity index (χ4n) is 1.01. The van der Waals surface area contributed by atoms with E-state index in [1.54, 1.807) is 11.3 Å². The molecule has 3 heteroatoms. The third-order valence-corrected chi connectivity index (χ3v) is 2.36. The molecule has 1 aliphatic heterocycles. The van der Waals surface area contributed by atoms with Crippen molar-refractivity contribution in [2.75, 3.05) is 0 Å². The molecule has 2 rings (SSSR count). The summed E-state index contributed by atoms with van der Waals surface area (Å²) in [5, 5.41) is 2.12. The molecule has 0 saturated heterocycles. The lowest BCUT2D eigenvalue weighted by Crippen LogP contribution is -1.70. The summed E-state index contributed by atoms with van der Waals surface area (Å²) in [5.41, 5.74) is 1.02. The van der Waals surface area contributed by atoms with Gasteiger partial charge in [-0.25, -0.2) is 9.98 Å². The molecule has 56 valence electrons. The molecule has 0 atom stereocenters. The minimum atomic E-state index is 0.919. The second-order valence-corrected chi connectivity index (χ2v) is 3.55. The van der Waals surface area contributed by atoms with Crippen molar-refractivity contribution in [3.63, 3.8) is 0 Å². The van der Waals surface area contributed by atoms with Gasteiger partial charge in [-0.2, -0.15) is 0 Å². The first-order valence-electron chi connectivity index (χ1n) is 3.53. The summed E-state index contributed by atoms with van der Waals surface area (Å²) in [7, 11) is 0. The molecule has 0 amide bonds. The lowest BCUT2D eigenvalue weighted by atomic mass is 10.3. The normalized spacial score (nSPS) is 14.6. The number of hydrogen-bond acceptors (Lipinski definition) is 3. The number of aryl methyl sites for hydroxylation is 1. The number of allylic oxidation sites excluding steroid dienone is 1. The SMILES string of the molecule is Cc1nc2c(s1)N=CCC=C2. The second-order valence-electron chi connectivity index (χ2n) is 2.37. The molecule has 0 radical (unpaired) electrons. The van der Waals surface area contributed by atoms with Crippen molar-refractivity contribution in [2.24, 2.45) is 4.99 Å². The van der Waals surface area contributed by atoms with E-state index >= 15 is 0 Å². The van der Waals surface area contributed by atoms with E-state index in [0.29, 0.717) is 0 Å². The van der Waals surface area contributed by atoms with Crippen LogP contribution in [0.4, 0.5) is 5.00 Å². The largest absolute Gasteiger partial charge is 0.248 e. The highest BCUT2D eigenvalue weighted by molar-refractivity contribution is 7.15. The van der Waals surface area contributed by atoms with Crippen molar-refractivity contribution >= 4 is 28.6 Å². The van der Waals surface area contributed by atoms with Gasteiger partial charge in [-0.05, 0) is 13.0 Å². The van der Waals surface area contributed by atoms with Gasteiger partial charge in [-0.15, -0.1) is 0 Å². The second kappa shape index (κ2) is 2.58. The van der Waals surface area contributed by atoms with Crippen LogP contribution in [0.3, 0.4) is 0 Å². The van der Waals surface area contributed by atoms with E-state index < -0.39 is 0 Å². The van der Waals surface area contributed by atoms with Crippen LogP contribution in [0, 0.1) is 6.92 Å². The van der Waals surface area contributed by atoms with E-state index in [-0.39, 0.29) is 0 Å². The lowest BCUT2D eigenvalue weighted by molar-refractivity contribution is 1.27. The standard InChI is InChI=1S/C8H8N2S/c1-6-10-7-4-2-3-5-9-8(7)11-6/h2,4-5H,3H2,1H3. The summed E-state index contributed by atoms with van der Waals surface area (Å²) in [6.45, 7) is 2.00. The summed E-state index contributed by atoms with van der Waals surface area (Å²) >= 11 is 1.64. The van der Waals surface area contributed by atoms with Crippen LogP contribution in [-0.2, 0) is 0 Å². The molecular formula is C8H8N2S. The van der Waals surface area contributed by atoms with Gasteiger partial charge in [-0.1, -0.05) is 17.4 Å². The van der Waals surface area contributed by atoms with Crippen LogP contribution >= 0.6 is 11.3 Å². The van der Waals surface area contributed by atoms with Gasteiger partial charge in [0.05, 0.1) is 10.7 Å². The molecule has 0 spiro atoms.